The molecule has 9 heteroatoms. The number of carbonyl (C=O) groups is 2. The molecule has 0 aliphatic heterocycles. The van der Waals surface area contributed by atoms with Crippen LogP contribution in [0.15, 0.2) is 11.4 Å². The van der Waals surface area contributed by atoms with Crippen molar-refractivity contribution in [1.29, 1.82) is 0 Å². The fourth-order valence-electron chi connectivity index (χ4n) is 3.93. The Kier molecular flexibility index (Phi) is 6.88. The number of hydrogen-bond acceptors (Lipinski definition) is 8. The molecule has 3 aromatic rings. The maximum atomic E-state index is 13.1. The molecule has 1 aliphatic rings. The lowest BCUT2D eigenvalue weighted by Crippen LogP contribution is -2.23. The second-order valence-corrected chi connectivity index (χ2v) is 11.8. The molecule has 0 unspecified atom stereocenters. The number of aromatic nitrogens is 2. The van der Waals surface area contributed by atoms with Gasteiger partial charge in [-0.05, 0) is 64.0 Å². The van der Waals surface area contributed by atoms with Crippen LogP contribution in [0.4, 0.5) is 5.00 Å². The number of thioether (sulfide) groups is 1. The van der Waals surface area contributed by atoms with Gasteiger partial charge in [-0.2, -0.15) is 0 Å². The first-order chi connectivity index (χ1) is 15.3. The SMILES string of the molecule is CCOC(=O)c1c(NC(=O)[C@@H](C)Sc2ncnc3sc(C)c(C)c23)sc2c1CC[C@@H](C)C2. The molecule has 1 N–H and O–H groups in total. The Morgan fingerprint density at radius 3 is 2.84 bits per heavy atom. The van der Waals surface area contributed by atoms with Crippen molar-refractivity contribution in [2.75, 3.05) is 11.9 Å². The molecule has 0 spiro atoms. The average molecular weight is 490 g/mol. The Balaban J connectivity index is 1.58. The number of aryl methyl sites for hydroxylation is 2. The van der Waals surface area contributed by atoms with Crippen molar-refractivity contribution in [2.24, 2.45) is 5.92 Å². The van der Waals surface area contributed by atoms with Gasteiger partial charge >= 0.3 is 5.97 Å². The smallest absolute Gasteiger partial charge is 0.341 e. The molecule has 3 heterocycles. The summed E-state index contributed by atoms with van der Waals surface area (Å²) in [6.07, 6.45) is 4.37. The average Bonchev–Trinajstić information content (AvgIpc) is 3.24. The Bertz CT molecular complexity index is 1180. The molecule has 1 amide bonds. The Hall–Kier alpha value is -1.97. The molecular formula is C23H27N3O3S3. The van der Waals surface area contributed by atoms with Gasteiger partial charge in [-0.15, -0.1) is 22.7 Å². The molecule has 6 nitrogen and oxygen atoms in total. The normalized spacial score (nSPS) is 16.6. The quantitative estimate of drug-likeness (QED) is 0.268. The highest BCUT2D eigenvalue weighted by molar-refractivity contribution is 8.00. The standard InChI is InChI=1S/C23H27N3O3S3/c1-6-29-23(28)18-15-8-7-11(2)9-16(15)32-22(18)26-19(27)14(5)31-21-17-12(3)13(4)30-20(17)24-10-25-21/h10-11,14H,6-9H2,1-5H3,(H,26,27)/t11-,14-/m1/s1. The minimum Gasteiger partial charge on any atom is -0.462 e. The van der Waals surface area contributed by atoms with E-state index in [-0.39, 0.29) is 17.1 Å². The number of hydrogen-bond donors (Lipinski definition) is 1. The fraction of sp³-hybridized carbons (Fsp3) is 0.478. The highest BCUT2D eigenvalue weighted by Crippen LogP contribution is 2.41. The van der Waals surface area contributed by atoms with Crippen molar-refractivity contribution in [3.8, 4) is 0 Å². The third kappa shape index (κ3) is 4.43. The Morgan fingerprint density at radius 2 is 2.09 bits per heavy atom. The number of rotatable bonds is 6. The Labute approximate surface area is 200 Å². The summed E-state index contributed by atoms with van der Waals surface area (Å²) in [4.78, 5) is 38.0. The van der Waals surface area contributed by atoms with Crippen LogP contribution in [-0.4, -0.2) is 33.7 Å². The Morgan fingerprint density at radius 1 is 1.31 bits per heavy atom. The summed E-state index contributed by atoms with van der Waals surface area (Å²) >= 11 is 4.58. The molecule has 0 aromatic carbocycles. The fourth-order valence-corrected chi connectivity index (χ4v) is 7.37. The number of amides is 1. The summed E-state index contributed by atoms with van der Waals surface area (Å²) in [5, 5.41) is 5.08. The van der Waals surface area contributed by atoms with Crippen LogP contribution in [0.3, 0.4) is 0 Å². The van der Waals surface area contributed by atoms with Gasteiger partial charge in [-0.25, -0.2) is 14.8 Å². The summed E-state index contributed by atoms with van der Waals surface area (Å²) in [5.74, 6) is 0.0762. The number of esters is 1. The van der Waals surface area contributed by atoms with Crippen LogP contribution in [0.1, 0.15) is 58.4 Å². The van der Waals surface area contributed by atoms with Crippen molar-refractivity contribution in [1.82, 2.24) is 9.97 Å². The molecule has 3 aromatic heterocycles. The van der Waals surface area contributed by atoms with E-state index < -0.39 is 0 Å². The first-order valence-corrected chi connectivity index (χ1v) is 13.3. The van der Waals surface area contributed by atoms with Crippen molar-refractivity contribution in [2.45, 2.75) is 64.2 Å². The monoisotopic (exact) mass is 489 g/mol. The van der Waals surface area contributed by atoms with E-state index in [1.54, 1.807) is 24.6 Å². The predicted octanol–water partition coefficient (Wildman–Crippen LogP) is 5.79. The molecule has 0 bridgehead atoms. The van der Waals surface area contributed by atoms with Gasteiger partial charge in [0.1, 0.15) is 21.2 Å². The lowest BCUT2D eigenvalue weighted by Gasteiger charge is -2.18. The van der Waals surface area contributed by atoms with Crippen molar-refractivity contribution >= 4 is 61.5 Å². The van der Waals surface area contributed by atoms with E-state index in [0.717, 1.165) is 45.6 Å². The first kappa shape index (κ1) is 23.2. The van der Waals surface area contributed by atoms with Gasteiger partial charge in [-0.1, -0.05) is 18.7 Å². The van der Waals surface area contributed by atoms with Gasteiger partial charge in [0.05, 0.1) is 17.4 Å². The third-order valence-electron chi connectivity index (χ3n) is 5.82. The van der Waals surface area contributed by atoms with Gasteiger partial charge in [0.25, 0.3) is 0 Å². The molecule has 0 saturated carbocycles. The summed E-state index contributed by atoms with van der Waals surface area (Å²) in [7, 11) is 0. The zero-order valence-corrected chi connectivity index (χ0v) is 21.4. The molecule has 0 radical (unpaired) electrons. The zero-order chi connectivity index (χ0) is 23.0. The van der Waals surface area contributed by atoms with Crippen molar-refractivity contribution < 1.29 is 14.3 Å². The summed E-state index contributed by atoms with van der Waals surface area (Å²) in [6.45, 7) is 10.3. The van der Waals surface area contributed by atoms with Crippen LogP contribution in [0.2, 0.25) is 0 Å². The molecule has 170 valence electrons. The lowest BCUT2D eigenvalue weighted by atomic mass is 9.88. The summed E-state index contributed by atoms with van der Waals surface area (Å²) in [6, 6.07) is 0. The minimum absolute atomic E-state index is 0.149. The molecule has 32 heavy (non-hydrogen) atoms. The molecule has 0 fully saturated rings. The number of fused-ring (bicyclic) bond motifs is 2. The van der Waals surface area contributed by atoms with Crippen molar-refractivity contribution in [3.05, 3.63) is 32.8 Å². The van der Waals surface area contributed by atoms with Gasteiger partial charge < -0.3 is 10.1 Å². The van der Waals surface area contributed by atoms with E-state index in [0.29, 0.717) is 23.1 Å². The highest BCUT2D eigenvalue weighted by atomic mass is 32.2. The molecule has 0 saturated heterocycles. The minimum atomic E-state index is -0.388. The van der Waals surface area contributed by atoms with Crippen LogP contribution in [0.5, 0.6) is 0 Å². The number of nitrogens with one attached hydrogen (secondary N) is 1. The van der Waals surface area contributed by atoms with Crippen molar-refractivity contribution in [3.63, 3.8) is 0 Å². The lowest BCUT2D eigenvalue weighted by molar-refractivity contribution is -0.115. The number of carbonyl (C=O) groups excluding carboxylic acids is 2. The number of ether oxygens (including phenoxy) is 1. The van der Waals surface area contributed by atoms with E-state index in [9.17, 15) is 9.59 Å². The number of anilines is 1. The van der Waals surface area contributed by atoms with Gasteiger partial charge in [0.2, 0.25) is 5.91 Å². The maximum absolute atomic E-state index is 13.1. The highest BCUT2D eigenvalue weighted by Gasteiger charge is 2.30. The topological polar surface area (TPSA) is 81.2 Å². The van der Waals surface area contributed by atoms with Crippen LogP contribution in [0.25, 0.3) is 10.2 Å². The second kappa shape index (κ2) is 9.49. The molecule has 1 aliphatic carbocycles. The van der Waals surface area contributed by atoms with E-state index in [1.807, 2.05) is 6.92 Å². The third-order valence-corrected chi connectivity index (χ3v) is 9.20. The van der Waals surface area contributed by atoms with Gasteiger partial charge in [-0.3, -0.25) is 4.79 Å². The predicted molar refractivity (Wildman–Crippen MR) is 132 cm³/mol. The molecular weight excluding hydrogens is 462 g/mol. The van der Waals surface area contributed by atoms with Crippen LogP contribution in [0, 0.1) is 19.8 Å². The van der Waals surface area contributed by atoms with Gasteiger partial charge in [0, 0.05) is 15.1 Å². The van der Waals surface area contributed by atoms with E-state index in [4.69, 9.17) is 4.74 Å². The second-order valence-electron chi connectivity index (χ2n) is 8.17. The van der Waals surface area contributed by atoms with Crippen LogP contribution >= 0.6 is 34.4 Å². The molecule has 4 rings (SSSR count). The van der Waals surface area contributed by atoms with E-state index >= 15 is 0 Å². The van der Waals surface area contributed by atoms with E-state index in [2.05, 4.69) is 36.1 Å². The largest absolute Gasteiger partial charge is 0.462 e. The van der Waals surface area contributed by atoms with Gasteiger partial charge in [0.15, 0.2) is 0 Å². The number of nitrogens with zero attached hydrogens (tertiary/aromatic N) is 2. The summed E-state index contributed by atoms with van der Waals surface area (Å²) in [5.41, 5.74) is 2.74. The van der Waals surface area contributed by atoms with E-state index in [1.165, 1.54) is 32.9 Å². The van der Waals surface area contributed by atoms with Crippen LogP contribution in [-0.2, 0) is 22.4 Å². The van der Waals surface area contributed by atoms with Crippen LogP contribution < -0.4 is 5.32 Å². The maximum Gasteiger partial charge on any atom is 0.341 e. The first-order valence-electron chi connectivity index (χ1n) is 10.8. The summed E-state index contributed by atoms with van der Waals surface area (Å²) < 4.78 is 5.32. The zero-order valence-electron chi connectivity index (χ0n) is 18.9. The molecule has 2 atom stereocenters. The number of thiophene rings is 2.